The number of esters is 1. The Balaban J connectivity index is 2.46. The molecule has 0 spiro atoms. The normalized spacial score (nSPS) is 19.7. The number of unbranched alkanes of at least 4 members (excludes halogenated alkanes) is 17. The van der Waals surface area contributed by atoms with Gasteiger partial charge in [0.2, 0.25) is 0 Å². The maximum absolute atomic E-state index is 12.6. The predicted octanol–water partition coefficient (Wildman–Crippen LogP) is 10.3. The third kappa shape index (κ3) is 30.2. The van der Waals surface area contributed by atoms with E-state index >= 15 is 0 Å². The van der Waals surface area contributed by atoms with Gasteiger partial charge in [-0.1, -0.05) is 141 Å². The molecule has 1 rings (SSSR count). The molecule has 12 heteroatoms. The first kappa shape index (κ1) is 54.2. The molecule has 0 radical (unpaired) electrons. The molecule has 1 aliphatic carbocycles. The molecular formula is C46H85NO10P+. The van der Waals surface area contributed by atoms with Gasteiger partial charge in [-0.05, 0) is 44.6 Å². The molecule has 0 amide bonds. The largest absolute Gasteiger partial charge is 0.492 e. The molecule has 0 saturated heterocycles. The Morgan fingerprint density at radius 1 is 0.810 bits per heavy atom. The first-order valence-corrected chi connectivity index (χ1v) is 24.4. The third-order valence-corrected chi connectivity index (χ3v) is 11.7. The number of hydrogen-bond donors (Lipinski definition) is 3. The van der Waals surface area contributed by atoms with Crippen molar-refractivity contribution in [2.45, 2.75) is 186 Å². The van der Waals surface area contributed by atoms with Crippen LogP contribution in [-0.2, 0) is 32.7 Å². The highest BCUT2D eigenvalue weighted by Crippen LogP contribution is 2.43. The molecule has 6 atom stereocenters. The maximum Gasteiger partial charge on any atom is 0.472 e. The van der Waals surface area contributed by atoms with Crippen molar-refractivity contribution in [3.63, 3.8) is 0 Å². The fraction of sp³-hybridized carbons (Fsp3) is 0.826. The number of allylic oxidation sites excluding steroid dienone is 4. The van der Waals surface area contributed by atoms with Crippen LogP contribution in [0.4, 0.5) is 0 Å². The molecule has 0 aromatic carbocycles. The van der Waals surface area contributed by atoms with Crippen molar-refractivity contribution in [3.8, 4) is 0 Å². The monoisotopic (exact) mass is 843 g/mol. The van der Waals surface area contributed by atoms with Gasteiger partial charge in [-0.15, -0.1) is 0 Å². The summed E-state index contributed by atoms with van der Waals surface area (Å²) in [7, 11) is 1.53. The number of Topliss-reactive ketones (excluding diaryl/α,β-unsaturated/α-hetero) is 1. The van der Waals surface area contributed by atoms with E-state index in [2.05, 4.69) is 13.8 Å². The molecule has 0 aliphatic heterocycles. The molecule has 11 nitrogen and oxygen atoms in total. The number of likely N-dealkylation sites (N-methyl/N-ethyl adjacent to an activating group) is 1. The van der Waals surface area contributed by atoms with Crippen LogP contribution in [0.2, 0.25) is 0 Å². The lowest BCUT2D eigenvalue weighted by molar-refractivity contribution is -0.870. The standard InChI is InChI=1S/C46H84NO10P/c1-6-8-10-11-12-13-14-15-16-17-18-19-20-21-24-28-35-54-41(39-57-58(52,53)56-36-34-47(3,4)5)38-55-46(51)31-27-23-22-26-30-42-43(45(50)37-44(42)49)33-32-40(48)29-25-9-7-2/h22,26,28,32-33,35,40-44,48-49H,6-21,23-25,27,29-31,34,36-39H2,1-5H3/p+1/b26-22-,33-32+,35-28-/t40-,41+,42+,43+,44-/m0/s1. The van der Waals surface area contributed by atoms with E-state index in [1.807, 2.05) is 39.4 Å². The molecule has 58 heavy (non-hydrogen) atoms. The Labute approximate surface area is 353 Å². The van der Waals surface area contributed by atoms with Crippen LogP contribution < -0.4 is 0 Å². The zero-order valence-corrected chi connectivity index (χ0v) is 38.1. The minimum absolute atomic E-state index is 0.00644. The van der Waals surface area contributed by atoms with Gasteiger partial charge >= 0.3 is 13.8 Å². The molecule has 1 saturated carbocycles. The summed E-state index contributed by atoms with van der Waals surface area (Å²) in [6.45, 7) is 4.50. The van der Waals surface area contributed by atoms with E-state index in [9.17, 15) is 29.3 Å². The third-order valence-electron chi connectivity index (χ3n) is 10.7. The lowest BCUT2D eigenvalue weighted by atomic mass is 9.90. The summed E-state index contributed by atoms with van der Waals surface area (Å²) in [6.07, 6.45) is 33.6. The van der Waals surface area contributed by atoms with Crippen molar-refractivity contribution in [3.05, 3.63) is 36.6 Å². The van der Waals surface area contributed by atoms with Gasteiger partial charge in [-0.2, -0.15) is 0 Å². The molecule has 0 heterocycles. The van der Waals surface area contributed by atoms with E-state index < -0.39 is 38.0 Å². The number of carbonyl (C=O) groups is 2. The molecule has 0 bridgehead atoms. The van der Waals surface area contributed by atoms with E-state index in [-0.39, 0.29) is 44.4 Å². The summed E-state index contributed by atoms with van der Waals surface area (Å²) in [5.41, 5.74) is 0. The van der Waals surface area contributed by atoms with Crippen LogP contribution in [0.15, 0.2) is 36.6 Å². The summed E-state index contributed by atoms with van der Waals surface area (Å²) in [6, 6.07) is 0. The van der Waals surface area contributed by atoms with Gasteiger partial charge in [0.15, 0.2) is 6.10 Å². The van der Waals surface area contributed by atoms with Gasteiger partial charge in [-0.25, -0.2) is 4.57 Å². The van der Waals surface area contributed by atoms with Crippen molar-refractivity contribution in [2.24, 2.45) is 11.8 Å². The average Bonchev–Trinajstić information content (AvgIpc) is 3.44. The van der Waals surface area contributed by atoms with Gasteiger partial charge in [0, 0.05) is 24.7 Å². The van der Waals surface area contributed by atoms with Crippen molar-refractivity contribution >= 4 is 19.6 Å². The Bertz CT molecular complexity index is 1190. The minimum Gasteiger partial charge on any atom is -0.492 e. The molecule has 0 aromatic heterocycles. The number of phosphoric ester groups is 1. The molecule has 338 valence electrons. The van der Waals surface area contributed by atoms with E-state index in [1.165, 1.54) is 77.0 Å². The number of nitrogens with zero attached hydrogens (tertiary/aromatic N) is 1. The van der Waals surface area contributed by atoms with E-state index in [1.54, 1.807) is 18.4 Å². The summed E-state index contributed by atoms with van der Waals surface area (Å²) < 4.78 is 34.7. The van der Waals surface area contributed by atoms with Gasteiger partial charge in [0.25, 0.3) is 0 Å². The number of phosphoric acid groups is 1. The zero-order chi connectivity index (χ0) is 42.9. The number of ether oxygens (including phenoxy) is 2. The summed E-state index contributed by atoms with van der Waals surface area (Å²) in [5, 5.41) is 20.7. The van der Waals surface area contributed by atoms with E-state index in [4.69, 9.17) is 18.5 Å². The molecular weight excluding hydrogens is 757 g/mol. The Morgan fingerprint density at radius 2 is 1.40 bits per heavy atom. The highest BCUT2D eigenvalue weighted by molar-refractivity contribution is 7.47. The average molecular weight is 843 g/mol. The Morgan fingerprint density at radius 3 is 2.02 bits per heavy atom. The molecule has 3 N–H and O–H groups in total. The minimum atomic E-state index is -4.33. The topological polar surface area (TPSA) is 149 Å². The first-order chi connectivity index (χ1) is 27.8. The summed E-state index contributed by atoms with van der Waals surface area (Å²) in [5.74, 6) is -1.08. The number of quaternary nitrogens is 1. The molecule has 1 unspecified atom stereocenters. The maximum atomic E-state index is 12.6. The SMILES string of the molecule is CCCCCCCCCCCCCCCC/C=C\O[C@H](COC(=O)CCC/C=C\C[C@H]1[C@@H](O)CC(=O)[C@@H]1/C=C/[C@@H](O)CCCCC)COP(=O)(O)OCC[N+](C)(C)C. The van der Waals surface area contributed by atoms with Gasteiger partial charge < -0.3 is 29.1 Å². The predicted molar refractivity (Wildman–Crippen MR) is 234 cm³/mol. The number of aliphatic hydroxyl groups is 2. The number of carbonyl (C=O) groups excluding carboxylic acids is 2. The number of rotatable bonds is 38. The van der Waals surface area contributed by atoms with E-state index in [0.29, 0.717) is 36.7 Å². The van der Waals surface area contributed by atoms with Crippen molar-refractivity contribution in [1.29, 1.82) is 0 Å². The summed E-state index contributed by atoms with van der Waals surface area (Å²) in [4.78, 5) is 35.3. The fourth-order valence-electron chi connectivity index (χ4n) is 6.93. The molecule has 1 aliphatic rings. The van der Waals surface area contributed by atoms with Crippen molar-refractivity contribution in [1.82, 2.24) is 0 Å². The van der Waals surface area contributed by atoms with Crippen molar-refractivity contribution in [2.75, 3.05) is 47.5 Å². The molecule has 1 fully saturated rings. The van der Waals surface area contributed by atoms with Crippen LogP contribution in [0.1, 0.15) is 168 Å². The van der Waals surface area contributed by atoms with E-state index in [0.717, 1.165) is 38.5 Å². The second-order valence-electron chi connectivity index (χ2n) is 17.3. The lowest BCUT2D eigenvalue weighted by Crippen LogP contribution is -2.37. The van der Waals surface area contributed by atoms with Crippen LogP contribution >= 0.6 is 7.82 Å². The Hall–Kier alpha value is -1.85. The Kier molecular flexibility index (Phi) is 31.6. The van der Waals surface area contributed by atoms with Gasteiger partial charge in [0.05, 0.1) is 46.2 Å². The quantitative estimate of drug-likeness (QED) is 0.0137. The number of aliphatic hydroxyl groups excluding tert-OH is 2. The van der Waals surface area contributed by atoms with Crippen LogP contribution in [0.3, 0.4) is 0 Å². The second-order valence-corrected chi connectivity index (χ2v) is 18.7. The smallest absolute Gasteiger partial charge is 0.472 e. The lowest BCUT2D eigenvalue weighted by Gasteiger charge is -2.24. The second kappa shape index (κ2) is 33.8. The number of ketones is 1. The van der Waals surface area contributed by atoms with Crippen LogP contribution in [0.25, 0.3) is 0 Å². The highest BCUT2D eigenvalue weighted by Gasteiger charge is 2.39. The number of hydrogen-bond acceptors (Lipinski definition) is 9. The highest BCUT2D eigenvalue weighted by atomic mass is 31.2. The van der Waals surface area contributed by atoms with Gasteiger partial charge in [0.1, 0.15) is 25.5 Å². The van der Waals surface area contributed by atoms with Crippen LogP contribution in [0, 0.1) is 11.8 Å². The van der Waals surface area contributed by atoms with Crippen LogP contribution in [0.5, 0.6) is 0 Å². The first-order valence-electron chi connectivity index (χ1n) is 22.9. The fourth-order valence-corrected chi connectivity index (χ4v) is 7.67. The van der Waals surface area contributed by atoms with Gasteiger partial charge in [-0.3, -0.25) is 18.6 Å². The summed E-state index contributed by atoms with van der Waals surface area (Å²) >= 11 is 0. The zero-order valence-electron chi connectivity index (χ0n) is 37.2. The molecule has 0 aromatic rings. The van der Waals surface area contributed by atoms with Crippen molar-refractivity contribution < 1.29 is 52.3 Å². The van der Waals surface area contributed by atoms with Crippen LogP contribution in [-0.4, -0.2) is 97.2 Å².